The fourth-order valence-electron chi connectivity index (χ4n) is 6.44. The lowest BCUT2D eigenvalue weighted by molar-refractivity contribution is -0.161. The maximum absolute atomic E-state index is 12.8. The summed E-state index contributed by atoms with van der Waals surface area (Å²) in [5, 5.41) is 30.4. The number of allylic oxidation sites excluding steroid dienone is 8. The average Bonchev–Trinajstić information content (AvgIpc) is 3.55. The van der Waals surface area contributed by atoms with Crippen LogP contribution < -0.4 is 11.4 Å². The van der Waals surface area contributed by atoms with Gasteiger partial charge >= 0.3 is 33.3 Å². The predicted octanol–water partition coefficient (Wildman–Crippen LogP) is 7.43. The number of carbonyl (C=O) groups is 2. The second-order valence-corrected chi connectivity index (χ2v) is 19.3. The number of unbranched alkanes of at least 4 members (excludes halogenated alkanes) is 6. The minimum absolute atomic E-state index is 0.0283. The molecular formula is C45H75N3O16P2. The van der Waals surface area contributed by atoms with Crippen LogP contribution in [0.15, 0.2) is 65.7 Å². The van der Waals surface area contributed by atoms with E-state index in [0.29, 0.717) is 25.2 Å². The van der Waals surface area contributed by atoms with Crippen LogP contribution in [0.5, 0.6) is 0 Å². The van der Waals surface area contributed by atoms with Crippen molar-refractivity contribution in [2.45, 2.75) is 173 Å². The highest BCUT2D eigenvalue weighted by atomic mass is 31.3. The topological polar surface area (TPSA) is 286 Å². The van der Waals surface area contributed by atoms with Gasteiger partial charge in [0.05, 0.1) is 19.3 Å². The number of hydrogen-bond donors (Lipinski definition) is 6. The van der Waals surface area contributed by atoms with Crippen LogP contribution in [0, 0.1) is 5.92 Å². The van der Waals surface area contributed by atoms with Crippen LogP contribution in [0.4, 0.5) is 5.82 Å². The number of phosphoric ester groups is 2. The Morgan fingerprint density at radius 2 is 1.39 bits per heavy atom. The average molecular weight is 976 g/mol. The third kappa shape index (κ3) is 26.3. The van der Waals surface area contributed by atoms with Crippen molar-refractivity contribution >= 4 is 33.4 Å². The number of ether oxygens (including phenoxy) is 3. The lowest BCUT2D eigenvalue weighted by Crippen LogP contribution is -2.36. The Kier molecular flexibility index (Phi) is 29.6. The Hall–Kier alpha value is -3.32. The Labute approximate surface area is 389 Å². The van der Waals surface area contributed by atoms with Gasteiger partial charge < -0.3 is 45.1 Å². The molecule has 2 rings (SSSR count). The van der Waals surface area contributed by atoms with E-state index in [1.807, 2.05) is 25.2 Å². The number of nitrogens with zero attached hydrogens (tertiary/aromatic N) is 2. The van der Waals surface area contributed by atoms with E-state index in [-0.39, 0.29) is 24.8 Å². The number of phosphoric acid groups is 2. The third-order valence-corrected chi connectivity index (χ3v) is 13.2. The highest BCUT2D eigenvalue weighted by Crippen LogP contribution is 2.60. The SMILES string of the molecule is CCC(C)CCCCCCCCC(=O)O[C@H](COC(=O)CCC/C=C\C/C=C\C/C=C\C/C=C\CC[C@@H](O)CC)COP(=O)(O)OP(=O)(O)OC[C@H]1O[C@@H](n2ccc(N)nc2=O)[C@H](O)[C@@H]1O. The van der Waals surface area contributed by atoms with Gasteiger partial charge in [-0.15, -0.1) is 0 Å². The Morgan fingerprint density at radius 3 is 2.03 bits per heavy atom. The zero-order valence-corrected chi connectivity index (χ0v) is 40.5. The van der Waals surface area contributed by atoms with Crippen molar-refractivity contribution < 1.29 is 71.4 Å². The van der Waals surface area contributed by atoms with Crippen LogP contribution in [0.25, 0.3) is 0 Å². The summed E-state index contributed by atoms with van der Waals surface area (Å²) in [5.74, 6) is -0.692. The van der Waals surface area contributed by atoms with Gasteiger partial charge in [-0.3, -0.25) is 23.2 Å². The number of aliphatic hydroxyl groups excluding tert-OH is 3. The van der Waals surface area contributed by atoms with E-state index in [0.717, 1.165) is 87.8 Å². The second kappa shape index (κ2) is 33.2. The van der Waals surface area contributed by atoms with Crippen LogP contribution in [-0.4, -0.2) is 96.9 Å². The van der Waals surface area contributed by atoms with Crippen molar-refractivity contribution in [1.82, 2.24) is 9.55 Å². The van der Waals surface area contributed by atoms with E-state index in [9.17, 15) is 48.6 Å². The Bertz CT molecular complexity index is 1820. The number of carbonyl (C=O) groups excluding carboxylic acids is 2. The van der Waals surface area contributed by atoms with Crippen LogP contribution >= 0.6 is 15.6 Å². The summed E-state index contributed by atoms with van der Waals surface area (Å²) in [7, 11) is -10.9. The standard InChI is InChI=1S/C45H75N3O16P2/c1-4-35(3)26-22-18-16-17-21-25-29-41(51)62-37(32-59-40(50)28-24-20-15-13-11-9-7-6-8-10-12-14-19-23-27-36(49)5-2)33-60-65(55,56)64-66(57,58)61-34-38-42(52)43(53)44(63-38)48-31-30-39(46)47-45(48)54/h7-10,13-15,19,30-31,35-38,42-44,49,52-53H,4-6,11-12,16-18,20-29,32-34H2,1-3H3,(H,55,56)(H,57,58)(H2,46,47,54)/b9-7-,10-8-,15-13-,19-14-/t35?,36-,37+,38+,42+,43+,44+/m0/s1. The summed E-state index contributed by atoms with van der Waals surface area (Å²) in [6, 6.07) is 1.24. The van der Waals surface area contributed by atoms with E-state index in [2.05, 4.69) is 53.5 Å². The number of esters is 2. The minimum Gasteiger partial charge on any atom is -0.462 e. The molecule has 9 atom stereocenters. The molecule has 0 spiro atoms. The van der Waals surface area contributed by atoms with E-state index in [1.54, 1.807) is 0 Å². The van der Waals surface area contributed by atoms with Crippen molar-refractivity contribution in [3.8, 4) is 0 Å². The van der Waals surface area contributed by atoms with Gasteiger partial charge in [-0.1, -0.05) is 114 Å². The molecule has 1 aromatic rings. The summed E-state index contributed by atoms with van der Waals surface area (Å²) in [6.45, 7) is 4.01. The first-order chi connectivity index (χ1) is 31.5. The van der Waals surface area contributed by atoms with Crippen molar-refractivity contribution in [3.05, 3.63) is 71.4 Å². The molecule has 1 aliphatic rings. The van der Waals surface area contributed by atoms with Crippen LogP contribution in [0.2, 0.25) is 0 Å². The van der Waals surface area contributed by atoms with Gasteiger partial charge in [-0.25, -0.2) is 13.9 Å². The first kappa shape index (κ1) is 58.8. The monoisotopic (exact) mass is 975 g/mol. The maximum Gasteiger partial charge on any atom is 0.481 e. The lowest BCUT2D eigenvalue weighted by atomic mass is 10.00. The largest absolute Gasteiger partial charge is 0.481 e. The first-order valence-corrected chi connectivity index (χ1v) is 26.1. The molecule has 19 nitrogen and oxygen atoms in total. The summed E-state index contributed by atoms with van der Waals surface area (Å²) >= 11 is 0. The molecule has 0 aliphatic carbocycles. The molecule has 2 heterocycles. The fraction of sp³-hybridized carbons (Fsp3) is 0.689. The van der Waals surface area contributed by atoms with Crippen LogP contribution in [0.1, 0.15) is 143 Å². The molecule has 0 bridgehead atoms. The molecule has 3 unspecified atom stereocenters. The number of hydrogen-bond acceptors (Lipinski definition) is 16. The van der Waals surface area contributed by atoms with E-state index in [4.69, 9.17) is 29.0 Å². The molecule has 1 aliphatic heterocycles. The molecule has 7 N–H and O–H groups in total. The summed E-state index contributed by atoms with van der Waals surface area (Å²) in [5.41, 5.74) is 4.57. The molecule has 1 saturated heterocycles. The van der Waals surface area contributed by atoms with Crippen molar-refractivity contribution in [1.29, 1.82) is 0 Å². The number of rotatable bonds is 36. The van der Waals surface area contributed by atoms with E-state index < -0.39 is 83.7 Å². The normalized spacial score (nSPS) is 21.1. The predicted molar refractivity (Wildman–Crippen MR) is 248 cm³/mol. The van der Waals surface area contributed by atoms with E-state index >= 15 is 0 Å². The number of nitrogens with two attached hydrogens (primary N) is 1. The number of aliphatic hydroxyl groups is 3. The third-order valence-electron chi connectivity index (χ3n) is 10.6. The minimum atomic E-state index is -5.43. The molecule has 0 saturated carbocycles. The highest BCUT2D eigenvalue weighted by molar-refractivity contribution is 7.61. The van der Waals surface area contributed by atoms with Crippen molar-refractivity contribution in [2.75, 3.05) is 25.6 Å². The first-order valence-electron chi connectivity index (χ1n) is 23.1. The smallest absolute Gasteiger partial charge is 0.462 e. The fourth-order valence-corrected chi connectivity index (χ4v) is 8.55. The number of anilines is 1. The van der Waals surface area contributed by atoms with Gasteiger partial charge in [-0.05, 0) is 69.8 Å². The Morgan fingerprint density at radius 1 is 0.803 bits per heavy atom. The van der Waals surface area contributed by atoms with Crippen molar-refractivity contribution in [3.63, 3.8) is 0 Å². The number of nitrogen functional groups attached to an aromatic ring is 1. The molecule has 0 radical (unpaired) electrons. The molecule has 0 aromatic carbocycles. The second-order valence-electron chi connectivity index (χ2n) is 16.3. The summed E-state index contributed by atoms with van der Waals surface area (Å²) in [4.78, 5) is 61.6. The molecule has 66 heavy (non-hydrogen) atoms. The van der Waals surface area contributed by atoms with Crippen LogP contribution in [-0.2, 0) is 46.3 Å². The van der Waals surface area contributed by atoms with Gasteiger partial charge in [0.25, 0.3) is 0 Å². The molecule has 1 aromatic heterocycles. The molecule has 376 valence electrons. The lowest BCUT2D eigenvalue weighted by Gasteiger charge is -2.21. The van der Waals surface area contributed by atoms with Crippen LogP contribution in [0.3, 0.4) is 0 Å². The van der Waals surface area contributed by atoms with Gasteiger partial charge in [0.1, 0.15) is 30.7 Å². The Balaban J connectivity index is 1.84. The molecular weight excluding hydrogens is 900 g/mol. The molecule has 0 amide bonds. The summed E-state index contributed by atoms with van der Waals surface area (Å²) < 4.78 is 56.5. The highest BCUT2D eigenvalue weighted by Gasteiger charge is 2.46. The summed E-state index contributed by atoms with van der Waals surface area (Å²) in [6.07, 6.45) is 23.3. The molecule has 21 heteroatoms. The quantitative estimate of drug-likeness (QED) is 0.0165. The zero-order valence-electron chi connectivity index (χ0n) is 38.8. The van der Waals surface area contributed by atoms with Gasteiger partial charge in [0.2, 0.25) is 0 Å². The number of aromatic nitrogens is 2. The zero-order chi connectivity index (χ0) is 48.8. The van der Waals surface area contributed by atoms with Gasteiger partial charge in [0.15, 0.2) is 12.3 Å². The van der Waals surface area contributed by atoms with Gasteiger partial charge in [-0.2, -0.15) is 9.29 Å². The van der Waals surface area contributed by atoms with Crippen molar-refractivity contribution in [2.24, 2.45) is 5.92 Å². The van der Waals surface area contributed by atoms with Gasteiger partial charge in [0, 0.05) is 19.0 Å². The van der Waals surface area contributed by atoms with E-state index in [1.165, 1.54) is 12.5 Å². The molecule has 1 fully saturated rings. The maximum atomic E-state index is 12.8.